The molecule has 3 amide bonds. The van der Waals surface area contributed by atoms with Crippen molar-refractivity contribution < 1.29 is 32.3 Å². The molecule has 2 atom stereocenters. The van der Waals surface area contributed by atoms with Crippen molar-refractivity contribution in [1.82, 2.24) is 20.1 Å². The van der Waals surface area contributed by atoms with Gasteiger partial charge in [0.1, 0.15) is 17.9 Å². The van der Waals surface area contributed by atoms with Gasteiger partial charge in [-0.05, 0) is 60.4 Å². The second kappa shape index (κ2) is 9.64. The number of benzene rings is 2. The van der Waals surface area contributed by atoms with Crippen LogP contribution in [0.3, 0.4) is 0 Å². The van der Waals surface area contributed by atoms with Gasteiger partial charge in [0.25, 0.3) is 5.91 Å². The predicted octanol–water partition coefficient (Wildman–Crippen LogP) is 3.67. The molecule has 3 aliphatic heterocycles. The highest BCUT2D eigenvalue weighted by Crippen LogP contribution is 2.32. The van der Waals surface area contributed by atoms with E-state index in [1.54, 1.807) is 24.3 Å². The zero-order valence-electron chi connectivity index (χ0n) is 20.8. The molecule has 8 nitrogen and oxygen atoms in total. The molecule has 11 heteroatoms. The van der Waals surface area contributed by atoms with E-state index in [0.29, 0.717) is 41.7 Å². The highest BCUT2D eigenvalue weighted by Gasteiger charge is 2.39. The molecule has 0 aliphatic carbocycles. The number of carbonyl (C=O) groups is 3. The molecular weight excluding hydrogens is 513 g/mol. The van der Waals surface area contributed by atoms with Crippen LogP contribution in [0, 0.1) is 0 Å². The van der Waals surface area contributed by atoms with Gasteiger partial charge in [-0.3, -0.25) is 29.6 Å². The summed E-state index contributed by atoms with van der Waals surface area (Å²) in [6, 6.07) is 11.1. The molecule has 1 N–H and O–H groups in total. The molecule has 3 aliphatic rings. The third kappa shape index (κ3) is 5.06. The minimum absolute atomic E-state index is 0.0784. The third-order valence-corrected chi connectivity index (χ3v) is 7.51. The Balaban J connectivity index is 1.08. The number of alkyl halides is 3. The van der Waals surface area contributed by atoms with E-state index >= 15 is 0 Å². The number of ether oxygens (including phenoxy) is 1. The molecular formula is C28H25F3N4O4. The molecule has 0 bridgehead atoms. The fourth-order valence-corrected chi connectivity index (χ4v) is 5.55. The van der Waals surface area contributed by atoms with Crippen LogP contribution in [0.15, 0.2) is 48.7 Å². The SMILES string of the molecule is O=C1CCC(N2Cc3cc(O[C@H]4CCN(Cc5ccc6ncc(C(F)(F)F)cc6c5)C4)ccc3C2=O)C(=O)N1. The molecule has 1 unspecified atom stereocenters. The number of nitrogens with one attached hydrogen (secondary N) is 1. The first-order chi connectivity index (χ1) is 18.6. The number of piperidine rings is 1. The van der Waals surface area contributed by atoms with Crippen molar-refractivity contribution in [3.05, 3.63) is 70.9 Å². The van der Waals surface area contributed by atoms with Crippen molar-refractivity contribution in [2.45, 2.75) is 50.7 Å². The van der Waals surface area contributed by atoms with E-state index in [1.807, 2.05) is 12.1 Å². The maximum atomic E-state index is 13.1. The molecule has 4 heterocycles. The smallest absolute Gasteiger partial charge is 0.417 e. The van der Waals surface area contributed by atoms with E-state index in [0.717, 1.165) is 36.4 Å². The van der Waals surface area contributed by atoms with E-state index < -0.39 is 23.7 Å². The standard InChI is InChI=1S/C28H25F3N4O4/c29-28(30,31)19-10-17-9-16(1-4-23(17)32-12-19)13-34-8-7-21(15-34)39-20-2-3-22-18(11-20)14-35(27(22)38)24-5-6-25(36)33-26(24)37/h1-4,9-12,21,24H,5-8,13-15H2,(H,33,36,37)/t21-,24?/m0/s1. The van der Waals surface area contributed by atoms with Gasteiger partial charge in [0.05, 0.1) is 11.1 Å². The Morgan fingerprint density at radius 1 is 1.05 bits per heavy atom. The van der Waals surface area contributed by atoms with Gasteiger partial charge in [0.2, 0.25) is 11.8 Å². The molecule has 0 spiro atoms. The van der Waals surface area contributed by atoms with Crippen molar-refractivity contribution >= 4 is 28.6 Å². The van der Waals surface area contributed by atoms with E-state index in [1.165, 1.54) is 4.90 Å². The number of halogens is 3. The first-order valence-corrected chi connectivity index (χ1v) is 12.8. The van der Waals surface area contributed by atoms with Gasteiger partial charge in [-0.1, -0.05) is 6.07 Å². The summed E-state index contributed by atoms with van der Waals surface area (Å²) in [6.07, 6.45) is -2.37. The number of hydrogen-bond acceptors (Lipinski definition) is 6. The Kier molecular flexibility index (Phi) is 6.25. The first-order valence-electron chi connectivity index (χ1n) is 12.8. The molecule has 0 saturated carbocycles. The average molecular weight is 539 g/mol. The fourth-order valence-electron chi connectivity index (χ4n) is 5.55. The van der Waals surface area contributed by atoms with Gasteiger partial charge in [-0.15, -0.1) is 0 Å². The lowest BCUT2D eigenvalue weighted by Crippen LogP contribution is -2.52. The monoisotopic (exact) mass is 538 g/mol. The molecule has 2 fully saturated rings. The minimum atomic E-state index is -4.44. The van der Waals surface area contributed by atoms with Crippen LogP contribution in [-0.2, 0) is 28.9 Å². The fraction of sp³-hybridized carbons (Fsp3) is 0.357. The molecule has 6 rings (SSSR count). The van der Waals surface area contributed by atoms with Gasteiger partial charge < -0.3 is 9.64 Å². The molecule has 39 heavy (non-hydrogen) atoms. The van der Waals surface area contributed by atoms with Gasteiger partial charge in [-0.2, -0.15) is 13.2 Å². The number of likely N-dealkylation sites (tertiary alicyclic amines) is 1. The maximum Gasteiger partial charge on any atom is 0.417 e. The Labute approximate surface area is 221 Å². The predicted molar refractivity (Wildman–Crippen MR) is 134 cm³/mol. The number of hydrogen-bond donors (Lipinski definition) is 1. The van der Waals surface area contributed by atoms with Crippen LogP contribution in [0.4, 0.5) is 13.2 Å². The topological polar surface area (TPSA) is 91.8 Å². The van der Waals surface area contributed by atoms with Crippen LogP contribution in [0.1, 0.15) is 46.3 Å². The normalized spacial score (nSPS) is 21.9. The molecule has 202 valence electrons. The zero-order chi connectivity index (χ0) is 27.3. The summed E-state index contributed by atoms with van der Waals surface area (Å²) in [5.41, 5.74) is 1.95. The minimum Gasteiger partial charge on any atom is -0.489 e. The Morgan fingerprint density at radius 2 is 1.90 bits per heavy atom. The van der Waals surface area contributed by atoms with E-state index in [9.17, 15) is 27.6 Å². The van der Waals surface area contributed by atoms with Crippen LogP contribution in [0.2, 0.25) is 0 Å². The largest absolute Gasteiger partial charge is 0.489 e. The lowest BCUT2D eigenvalue weighted by molar-refractivity contribution is -0.138. The van der Waals surface area contributed by atoms with E-state index in [-0.39, 0.29) is 30.9 Å². The van der Waals surface area contributed by atoms with Gasteiger partial charge in [0, 0.05) is 49.7 Å². The summed E-state index contributed by atoms with van der Waals surface area (Å²) in [6.45, 7) is 2.28. The summed E-state index contributed by atoms with van der Waals surface area (Å²) in [4.78, 5) is 44.3. The van der Waals surface area contributed by atoms with Crippen molar-refractivity contribution in [2.75, 3.05) is 13.1 Å². The molecule has 1 aromatic heterocycles. The number of carbonyl (C=O) groups excluding carboxylic acids is 3. The summed E-state index contributed by atoms with van der Waals surface area (Å²) < 4.78 is 45.5. The molecule has 2 aromatic carbocycles. The zero-order valence-corrected chi connectivity index (χ0v) is 20.8. The van der Waals surface area contributed by atoms with Gasteiger partial charge in [-0.25, -0.2) is 0 Å². The lowest BCUT2D eigenvalue weighted by atomic mass is 10.0. The third-order valence-electron chi connectivity index (χ3n) is 7.51. The first kappa shape index (κ1) is 25.3. The maximum absolute atomic E-state index is 13.1. The van der Waals surface area contributed by atoms with E-state index in [4.69, 9.17) is 4.74 Å². The highest BCUT2D eigenvalue weighted by atomic mass is 19.4. The van der Waals surface area contributed by atoms with Crippen LogP contribution in [0.25, 0.3) is 10.9 Å². The van der Waals surface area contributed by atoms with E-state index in [2.05, 4.69) is 15.2 Å². The summed E-state index contributed by atoms with van der Waals surface area (Å²) in [7, 11) is 0. The Bertz CT molecular complexity index is 1490. The summed E-state index contributed by atoms with van der Waals surface area (Å²) in [5, 5.41) is 2.75. The number of rotatable bonds is 5. The second-order valence-corrected chi connectivity index (χ2v) is 10.2. The molecule has 2 saturated heterocycles. The van der Waals surface area contributed by atoms with Crippen LogP contribution < -0.4 is 10.1 Å². The van der Waals surface area contributed by atoms with Gasteiger partial charge >= 0.3 is 6.18 Å². The molecule has 0 radical (unpaired) electrons. The molecule has 3 aromatic rings. The average Bonchev–Trinajstić information content (AvgIpc) is 3.46. The summed E-state index contributed by atoms with van der Waals surface area (Å²) >= 11 is 0. The van der Waals surface area contributed by atoms with Crippen molar-refractivity contribution in [2.24, 2.45) is 0 Å². The number of imide groups is 1. The lowest BCUT2D eigenvalue weighted by Gasteiger charge is -2.29. The van der Waals surface area contributed by atoms with Crippen molar-refractivity contribution in [3.63, 3.8) is 0 Å². The van der Waals surface area contributed by atoms with Gasteiger partial charge in [0.15, 0.2) is 0 Å². The number of amides is 3. The quantitative estimate of drug-likeness (QED) is 0.499. The Morgan fingerprint density at radius 3 is 2.69 bits per heavy atom. The highest BCUT2D eigenvalue weighted by molar-refractivity contribution is 6.05. The number of pyridine rings is 1. The second-order valence-electron chi connectivity index (χ2n) is 10.2. The summed E-state index contributed by atoms with van der Waals surface area (Å²) in [5.74, 6) is -0.366. The Hall–Kier alpha value is -3.99. The van der Waals surface area contributed by atoms with Crippen molar-refractivity contribution in [3.8, 4) is 5.75 Å². The number of nitrogens with zero attached hydrogens (tertiary/aromatic N) is 3. The number of fused-ring (bicyclic) bond motifs is 2. The van der Waals surface area contributed by atoms with Crippen LogP contribution >= 0.6 is 0 Å². The number of aromatic nitrogens is 1. The van der Waals surface area contributed by atoms with Crippen LogP contribution in [-0.4, -0.2) is 57.7 Å². The van der Waals surface area contributed by atoms with Crippen molar-refractivity contribution in [1.29, 1.82) is 0 Å². The van der Waals surface area contributed by atoms with Crippen LogP contribution in [0.5, 0.6) is 5.75 Å².